The van der Waals surface area contributed by atoms with E-state index in [1.165, 1.54) is 17.5 Å². The lowest BCUT2D eigenvalue weighted by molar-refractivity contribution is 0.418. The van der Waals surface area contributed by atoms with Crippen LogP contribution in [-0.4, -0.2) is 12.1 Å². The predicted molar refractivity (Wildman–Crippen MR) is 70.6 cm³/mol. The van der Waals surface area contributed by atoms with Crippen LogP contribution in [-0.2, 0) is 0 Å². The lowest BCUT2D eigenvalue weighted by atomic mass is 9.97. The summed E-state index contributed by atoms with van der Waals surface area (Å²) in [5.41, 5.74) is 3.10. The van der Waals surface area contributed by atoms with E-state index in [2.05, 4.69) is 62.5 Å². The number of rotatable bonds is 3. The predicted octanol–water partition coefficient (Wildman–Crippen LogP) is 3.58. The average molecular weight is 215 g/mol. The molecule has 1 N–H and O–H groups in total. The van der Waals surface area contributed by atoms with Gasteiger partial charge in [-0.3, -0.25) is 0 Å². The Bertz CT molecular complexity index is 385. The van der Waals surface area contributed by atoms with Gasteiger partial charge in [0.1, 0.15) is 0 Å². The van der Waals surface area contributed by atoms with Crippen molar-refractivity contribution in [3.63, 3.8) is 0 Å². The van der Waals surface area contributed by atoms with Crippen molar-refractivity contribution in [3.8, 4) is 0 Å². The molecule has 1 aromatic rings. The van der Waals surface area contributed by atoms with Gasteiger partial charge in [-0.25, -0.2) is 0 Å². The number of allylic oxidation sites excluding steroid dienone is 1. The number of hydrogen-bond acceptors (Lipinski definition) is 1. The van der Waals surface area contributed by atoms with Gasteiger partial charge < -0.3 is 5.32 Å². The standard InChI is InChI=1S/C15H21N/c1-15(2,3)16-11-10-13-9-8-12-6-4-5-7-14(12)13/h4-9,13,16H,10-11H2,1-3H3. The Morgan fingerprint density at radius 2 is 1.94 bits per heavy atom. The zero-order chi connectivity index (χ0) is 11.6. The van der Waals surface area contributed by atoms with Gasteiger partial charge in [0, 0.05) is 11.5 Å². The van der Waals surface area contributed by atoms with Crippen LogP contribution in [0, 0.1) is 0 Å². The van der Waals surface area contributed by atoms with Gasteiger partial charge in [0.2, 0.25) is 0 Å². The second-order valence-electron chi connectivity index (χ2n) is 5.56. The third-order valence-corrected chi connectivity index (χ3v) is 3.01. The molecule has 0 radical (unpaired) electrons. The molecule has 0 aliphatic heterocycles. The lowest BCUT2D eigenvalue weighted by Gasteiger charge is -2.21. The minimum Gasteiger partial charge on any atom is -0.312 e. The molecule has 1 aromatic carbocycles. The highest BCUT2D eigenvalue weighted by atomic mass is 14.9. The maximum absolute atomic E-state index is 3.55. The van der Waals surface area contributed by atoms with Gasteiger partial charge in [-0.05, 0) is 44.9 Å². The fourth-order valence-electron chi connectivity index (χ4n) is 2.18. The molecular weight excluding hydrogens is 194 g/mol. The van der Waals surface area contributed by atoms with E-state index in [0.717, 1.165) is 6.54 Å². The van der Waals surface area contributed by atoms with Crippen molar-refractivity contribution in [2.75, 3.05) is 6.54 Å². The third-order valence-electron chi connectivity index (χ3n) is 3.01. The first-order chi connectivity index (χ1) is 7.56. The molecule has 0 fully saturated rings. The van der Waals surface area contributed by atoms with Crippen LogP contribution in [0.5, 0.6) is 0 Å². The summed E-state index contributed by atoms with van der Waals surface area (Å²) in [4.78, 5) is 0. The summed E-state index contributed by atoms with van der Waals surface area (Å²) in [6, 6.07) is 8.69. The second-order valence-corrected chi connectivity index (χ2v) is 5.56. The van der Waals surface area contributed by atoms with E-state index < -0.39 is 0 Å². The van der Waals surface area contributed by atoms with Crippen LogP contribution in [0.25, 0.3) is 6.08 Å². The van der Waals surface area contributed by atoms with E-state index in [-0.39, 0.29) is 5.54 Å². The van der Waals surface area contributed by atoms with Crippen molar-refractivity contribution < 1.29 is 0 Å². The van der Waals surface area contributed by atoms with E-state index in [0.29, 0.717) is 5.92 Å². The Morgan fingerprint density at radius 1 is 1.19 bits per heavy atom. The molecule has 1 aliphatic rings. The molecule has 1 nitrogen and oxygen atoms in total. The van der Waals surface area contributed by atoms with E-state index in [1.54, 1.807) is 0 Å². The van der Waals surface area contributed by atoms with Gasteiger partial charge in [-0.15, -0.1) is 0 Å². The SMILES string of the molecule is CC(C)(C)NCCC1C=Cc2ccccc21. The summed E-state index contributed by atoms with van der Waals surface area (Å²) in [7, 11) is 0. The molecule has 86 valence electrons. The Balaban J connectivity index is 1.92. The number of hydrogen-bond donors (Lipinski definition) is 1. The van der Waals surface area contributed by atoms with Crippen molar-refractivity contribution in [2.45, 2.75) is 38.6 Å². The molecule has 2 rings (SSSR count). The van der Waals surface area contributed by atoms with Crippen LogP contribution < -0.4 is 5.32 Å². The summed E-state index contributed by atoms with van der Waals surface area (Å²) < 4.78 is 0. The molecule has 0 saturated heterocycles. The molecule has 0 amide bonds. The molecule has 0 aromatic heterocycles. The minimum atomic E-state index is 0.224. The number of fused-ring (bicyclic) bond motifs is 1. The van der Waals surface area contributed by atoms with Crippen LogP contribution in [0.15, 0.2) is 30.3 Å². The van der Waals surface area contributed by atoms with E-state index >= 15 is 0 Å². The normalized spacial score (nSPS) is 18.8. The van der Waals surface area contributed by atoms with Crippen molar-refractivity contribution in [2.24, 2.45) is 0 Å². The van der Waals surface area contributed by atoms with Gasteiger partial charge in [0.25, 0.3) is 0 Å². The van der Waals surface area contributed by atoms with Crippen molar-refractivity contribution >= 4 is 6.08 Å². The zero-order valence-corrected chi connectivity index (χ0v) is 10.5. The van der Waals surface area contributed by atoms with Crippen molar-refractivity contribution in [3.05, 3.63) is 41.5 Å². The van der Waals surface area contributed by atoms with Crippen LogP contribution in [0.3, 0.4) is 0 Å². The van der Waals surface area contributed by atoms with Gasteiger partial charge in [0.15, 0.2) is 0 Å². The van der Waals surface area contributed by atoms with Crippen molar-refractivity contribution in [1.82, 2.24) is 5.32 Å². The molecule has 0 saturated carbocycles. The maximum atomic E-state index is 3.55. The summed E-state index contributed by atoms with van der Waals surface area (Å²) in [6.07, 6.45) is 5.76. The first-order valence-electron chi connectivity index (χ1n) is 6.08. The smallest absolute Gasteiger partial charge is 0.00965 e. The van der Waals surface area contributed by atoms with Gasteiger partial charge in [-0.2, -0.15) is 0 Å². The van der Waals surface area contributed by atoms with Gasteiger partial charge in [0.05, 0.1) is 0 Å². The highest BCUT2D eigenvalue weighted by Crippen LogP contribution is 2.31. The van der Waals surface area contributed by atoms with E-state index in [1.807, 2.05) is 0 Å². The summed E-state index contributed by atoms with van der Waals surface area (Å²) in [5.74, 6) is 0.603. The Morgan fingerprint density at radius 3 is 2.69 bits per heavy atom. The summed E-state index contributed by atoms with van der Waals surface area (Å²) >= 11 is 0. The largest absolute Gasteiger partial charge is 0.312 e. The van der Waals surface area contributed by atoms with Crippen molar-refractivity contribution in [1.29, 1.82) is 0 Å². The molecule has 1 heteroatoms. The van der Waals surface area contributed by atoms with E-state index in [4.69, 9.17) is 0 Å². The van der Waals surface area contributed by atoms with Crippen LogP contribution in [0.2, 0.25) is 0 Å². The van der Waals surface area contributed by atoms with Gasteiger partial charge >= 0.3 is 0 Å². The van der Waals surface area contributed by atoms with Gasteiger partial charge in [-0.1, -0.05) is 36.4 Å². The molecule has 1 unspecified atom stereocenters. The highest BCUT2D eigenvalue weighted by Gasteiger charge is 2.17. The van der Waals surface area contributed by atoms with Crippen LogP contribution in [0.4, 0.5) is 0 Å². The minimum absolute atomic E-state index is 0.224. The summed E-state index contributed by atoms with van der Waals surface area (Å²) in [5, 5.41) is 3.55. The lowest BCUT2D eigenvalue weighted by Crippen LogP contribution is -2.36. The molecule has 0 heterocycles. The van der Waals surface area contributed by atoms with E-state index in [9.17, 15) is 0 Å². The first kappa shape index (κ1) is 11.4. The highest BCUT2D eigenvalue weighted by molar-refractivity contribution is 5.62. The fourth-order valence-corrected chi connectivity index (χ4v) is 2.18. The molecule has 0 bridgehead atoms. The first-order valence-corrected chi connectivity index (χ1v) is 6.08. The number of benzene rings is 1. The Labute approximate surface area is 98.6 Å². The molecule has 1 atom stereocenters. The Kier molecular flexibility index (Phi) is 3.15. The zero-order valence-electron chi connectivity index (χ0n) is 10.5. The topological polar surface area (TPSA) is 12.0 Å². The molecule has 16 heavy (non-hydrogen) atoms. The average Bonchev–Trinajstić information content (AvgIpc) is 2.60. The molecular formula is C15H21N. The maximum Gasteiger partial charge on any atom is 0.00965 e. The third kappa shape index (κ3) is 2.73. The number of nitrogens with one attached hydrogen (secondary N) is 1. The fraction of sp³-hybridized carbons (Fsp3) is 0.467. The monoisotopic (exact) mass is 215 g/mol. The quantitative estimate of drug-likeness (QED) is 0.812. The molecule has 1 aliphatic carbocycles. The van der Waals surface area contributed by atoms with Crippen LogP contribution in [0.1, 0.15) is 44.2 Å². The summed E-state index contributed by atoms with van der Waals surface area (Å²) in [6.45, 7) is 7.72. The van der Waals surface area contributed by atoms with Crippen LogP contribution >= 0.6 is 0 Å². The molecule has 0 spiro atoms. The second kappa shape index (κ2) is 4.42. The Hall–Kier alpha value is -1.08.